The van der Waals surface area contributed by atoms with Crippen LogP contribution in [0.2, 0.25) is 0 Å². The van der Waals surface area contributed by atoms with Gasteiger partial charge in [-0.3, -0.25) is 0 Å². The summed E-state index contributed by atoms with van der Waals surface area (Å²) in [7, 11) is 0. The smallest absolute Gasteiger partial charge is 0.251 e. The Morgan fingerprint density at radius 3 is 2.59 bits per heavy atom. The van der Waals surface area contributed by atoms with E-state index < -0.39 is 35.8 Å². The van der Waals surface area contributed by atoms with Crippen molar-refractivity contribution in [3.05, 3.63) is 62.9 Å². The van der Waals surface area contributed by atoms with Crippen molar-refractivity contribution in [2.45, 2.75) is 68.4 Å². The highest BCUT2D eigenvalue weighted by Gasteiger charge is 2.44. The lowest BCUT2D eigenvalue weighted by molar-refractivity contribution is -0.200. The van der Waals surface area contributed by atoms with E-state index in [1.165, 1.54) is 11.8 Å². The van der Waals surface area contributed by atoms with E-state index in [1.807, 2.05) is 37.3 Å². The zero-order valence-electron chi connectivity index (χ0n) is 18.0. The van der Waals surface area contributed by atoms with E-state index in [-0.39, 0.29) is 12.8 Å². The molecule has 4 nitrogen and oxygen atoms in total. The molecule has 0 saturated carbocycles. The topological polar surface area (TPSA) is 69.9 Å². The zero-order chi connectivity index (χ0) is 23.0. The first-order valence-corrected chi connectivity index (χ1v) is 12.8. The van der Waals surface area contributed by atoms with Gasteiger partial charge in [-0.2, -0.15) is 0 Å². The maximum absolute atomic E-state index is 13.4. The van der Waals surface area contributed by atoms with E-state index in [2.05, 4.69) is 0 Å². The number of thiophene rings is 1. The van der Waals surface area contributed by atoms with E-state index in [0.717, 1.165) is 32.0 Å². The quantitative estimate of drug-likeness (QED) is 0.577. The fraction of sp³-hybridized carbons (Fsp3) is 0.500. The third kappa shape index (κ3) is 4.95. The predicted octanol–water partition coefficient (Wildman–Crippen LogP) is 4.69. The molecule has 2 aromatic rings. The number of thioether (sulfide) groups is 1. The molecule has 1 aromatic heterocycles. The number of hydrogen-bond donors (Lipinski definition) is 3. The molecular formula is C24H28F2O4S2. The molecule has 1 unspecified atom stereocenters. The van der Waals surface area contributed by atoms with Gasteiger partial charge in [0.2, 0.25) is 0 Å². The Labute approximate surface area is 194 Å². The molecule has 3 N–H and O–H groups in total. The van der Waals surface area contributed by atoms with Crippen LogP contribution >= 0.6 is 23.1 Å². The van der Waals surface area contributed by atoms with Gasteiger partial charge in [-0.1, -0.05) is 24.3 Å². The molecule has 1 fully saturated rings. The molecule has 2 aliphatic rings. The average molecular weight is 483 g/mol. The molecule has 8 heteroatoms. The number of aryl methyl sites for hydroxylation is 1. The normalized spacial score (nSPS) is 30.2. The molecule has 1 saturated heterocycles. The lowest BCUT2D eigenvalue weighted by atomic mass is 9.92. The number of rotatable bonds is 5. The third-order valence-electron chi connectivity index (χ3n) is 6.25. The third-order valence-corrected chi connectivity index (χ3v) is 8.27. The van der Waals surface area contributed by atoms with Crippen LogP contribution in [-0.4, -0.2) is 51.2 Å². The van der Waals surface area contributed by atoms with Gasteiger partial charge in [-0.25, -0.2) is 8.78 Å². The summed E-state index contributed by atoms with van der Waals surface area (Å²) in [5.41, 5.74) is 3.27. The molecule has 0 amide bonds. The number of benzene rings is 1. The summed E-state index contributed by atoms with van der Waals surface area (Å²) in [5, 5.41) is 30.9. The Balaban J connectivity index is 1.53. The summed E-state index contributed by atoms with van der Waals surface area (Å²) in [6.45, 7) is 2.01. The van der Waals surface area contributed by atoms with Gasteiger partial charge in [0.15, 0.2) is 0 Å². The Hall–Kier alpha value is -1.29. The molecule has 1 aliphatic carbocycles. The van der Waals surface area contributed by atoms with Gasteiger partial charge < -0.3 is 20.1 Å². The first-order valence-electron chi connectivity index (χ1n) is 10.7. The summed E-state index contributed by atoms with van der Waals surface area (Å²) < 4.78 is 32.8. The van der Waals surface area contributed by atoms with Gasteiger partial charge in [-0.05, 0) is 54.0 Å². The Morgan fingerprint density at radius 1 is 1.12 bits per heavy atom. The van der Waals surface area contributed by atoms with E-state index in [4.69, 9.17) is 4.74 Å². The van der Waals surface area contributed by atoms with Gasteiger partial charge in [0.1, 0.15) is 29.9 Å². The van der Waals surface area contributed by atoms with Crippen LogP contribution in [0.5, 0.6) is 0 Å². The molecule has 1 aromatic carbocycles. The summed E-state index contributed by atoms with van der Waals surface area (Å²) in [6.07, 6.45) is -0.191. The summed E-state index contributed by atoms with van der Waals surface area (Å²) >= 11 is 2.91. The van der Waals surface area contributed by atoms with Crippen LogP contribution in [0, 0.1) is 6.92 Å². The van der Waals surface area contributed by atoms with Crippen LogP contribution in [0.3, 0.4) is 0 Å². The van der Waals surface area contributed by atoms with Crippen molar-refractivity contribution in [1.82, 2.24) is 0 Å². The first kappa shape index (κ1) is 23.9. The Morgan fingerprint density at radius 2 is 1.91 bits per heavy atom. The Bertz CT molecular complexity index is 988. The molecule has 4 rings (SSSR count). The van der Waals surface area contributed by atoms with Gasteiger partial charge >= 0.3 is 0 Å². The van der Waals surface area contributed by atoms with E-state index in [9.17, 15) is 24.1 Å². The van der Waals surface area contributed by atoms with Gasteiger partial charge in [0.05, 0.1) is 0 Å². The lowest BCUT2D eigenvalue weighted by Crippen LogP contribution is -2.52. The molecule has 0 spiro atoms. The molecule has 0 radical (unpaired) electrons. The van der Waals surface area contributed by atoms with Crippen molar-refractivity contribution < 1.29 is 28.8 Å². The van der Waals surface area contributed by atoms with E-state index >= 15 is 0 Å². The van der Waals surface area contributed by atoms with Crippen LogP contribution in [0.1, 0.15) is 51.8 Å². The summed E-state index contributed by atoms with van der Waals surface area (Å²) in [6, 6.07) is 9.86. The highest BCUT2D eigenvalue weighted by molar-refractivity contribution is 7.99. The average Bonchev–Trinajstić information content (AvgIpc) is 3.22. The maximum atomic E-state index is 13.4. The van der Waals surface area contributed by atoms with E-state index in [0.29, 0.717) is 12.8 Å². The summed E-state index contributed by atoms with van der Waals surface area (Å²) in [4.78, 5) is 2.16. The van der Waals surface area contributed by atoms with Crippen LogP contribution in [-0.2, 0) is 11.2 Å². The molecular weight excluding hydrogens is 454 g/mol. The largest absolute Gasteiger partial charge is 0.387 e. The fourth-order valence-corrected chi connectivity index (χ4v) is 6.00. The summed E-state index contributed by atoms with van der Waals surface area (Å²) in [5.74, 6) is -2.59. The van der Waals surface area contributed by atoms with Gasteiger partial charge in [-0.15, -0.1) is 23.1 Å². The number of halogens is 2. The number of alkyl halides is 2. The zero-order valence-corrected chi connectivity index (χ0v) is 19.6. The van der Waals surface area contributed by atoms with Crippen molar-refractivity contribution in [2.75, 3.05) is 6.26 Å². The first-order chi connectivity index (χ1) is 15.2. The van der Waals surface area contributed by atoms with Crippen LogP contribution < -0.4 is 0 Å². The molecule has 32 heavy (non-hydrogen) atoms. The highest BCUT2D eigenvalue weighted by Crippen LogP contribution is 2.39. The minimum atomic E-state index is -2.59. The minimum absolute atomic E-state index is 0.103. The standard InChI is InChI=1S/C24H28F2O4S2/c1-13-3-4-15(22-20(28)19(27)21(29)23(30-22)31-2)11-16(13)12-17-5-6-18(32-17)14-7-9-24(25,26)10-8-14/h3-7,11,19-23,27-29H,8-10,12H2,1-2H3/t19-,20?,21+,22+,23-/m1/s1. The van der Waals surface area contributed by atoms with Crippen LogP contribution in [0.15, 0.2) is 36.4 Å². The predicted molar refractivity (Wildman–Crippen MR) is 124 cm³/mol. The van der Waals surface area contributed by atoms with Crippen molar-refractivity contribution in [3.63, 3.8) is 0 Å². The molecule has 2 heterocycles. The van der Waals surface area contributed by atoms with Crippen molar-refractivity contribution in [2.24, 2.45) is 0 Å². The van der Waals surface area contributed by atoms with Crippen LogP contribution in [0.4, 0.5) is 8.78 Å². The number of hydrogen-bond acceptors (Lipinski definition) is 6. The van der Waals surface area contributed by atoms with Gasteiger partial charge in [0.25, 0.3) is 5.92 Å². The van der Waals surface area contributed by atoms with Crippen LogP contribution in [0.25, 0.3) is 5.57 Å². The highest BCUT2D eigenvalue weighted by atomic mass is 32.2. The lowest BCUT2D eigenvalue weighted by Gasteiger charge is -2.40. The fourth-order valence-electron chi connectivity index (χ4n) is 4.23. The molecule has 0 bridgehead atoms. The minimum Gasteiger partial charge on any atom is -0.387 e. The van der Waals surface area contributed by atoms with E-state index in [1.54, 1.807) is 23.7 Å². The molecule has 1 aliphatic heterocycles. The molecule has 174 valence electrons. The molecule has 5 atom stereocenters. The Kier molecular flexibility index (Phi) is 7.10. The second kappa shape index (κ2) is 9.52. The number of aliphatic hydroxyl groups excluding tert-OH is 3. The number of allylic oxidation sites excluding steroid dienone is 2. The van der Waals surface area contributed by atoms with Crippen molar-refractivity contribution in [1.29, 1.82) is 0 Å². The monoisotopic (exact) mass is 482 g/mol. The SMILES string of the molecule is CS[C@H]1O[C@@H](c2ccc(C)c(Cc3ccc(C4=CCC(F)(F)CC4)s3)c2)C(O)[C@@H](O)[C@@H]1O. The second-order valence-corrected chi connectivity index (χ2v) is 10.7. The van der Waals surface area contributed by atoms with Crippen molar-refractivity contribution in [3.8, 4) is 0 Å². The maximum Gasteiger partial charge on any atom is 0.251 e. The number of ether oxygens (including phenoxy) is 1. The second-order valence-electron chi connectivity index (χ2n) is 8.55. The van der Waals surface area contributed by atoms with Crippen molar-refractivity contribution >= 4 is 28.7 Å². The number of aliphatic hydroxyl groups is 3. The van der Waals surface area contributed by atoms with Gasteiger partial charge in [0, 0.05) is 29.0 Å².